The first kappa shape index (κ1) is 10.5. The normalized spacial score (nSPS) is 17.1. The van der Waals surface area contributed by atoms with Gasteiger partial charge in [-0.2, -0.15) is 5.10 Å². The Balaban J connectivity index is 2.06. The Bertz CT molecular complexity index is 565. The first-order chi connectivity index (χ1) is 8.08. The van der Waals surface area contributed by atoms with Crippen LogP contribution in [0.4, 0.5) is 0 Å². The standard InChI is InChI=1S/C14H17N3/c1-10-4-3-5-11(8-10)12-9-13(16-17(12)2)14(15)6-7-14/h3-5,8-9H,6-7,15H2,1-2H3. The predicted octanol–water partition coefficient (Wildman–Crippen LogP) is 2.34. The van der Waals surface area contributed by atoms with Gasteiger partial charge >= 0.3 is 0 Å². The van der Waals surface area contributed by atoms with Gasteiger partial charge in [0.1, 0.15) is 0 Å². The third-order valence-electron chi connectivity index (χ3n) is 3.49. The maximum Gasteiger partial charge on any atom is 0.0829 e. The predicted molar refractivity (Wildman–Crippen MR) is 68.5 cm³/mol. The van der Waals surface area contributed by atoms with Crippen LogP contribution in [0.2, 0.25) is 0 Å². The van der Waals surface area contributed by atoms with Gasteiger partial charge in [0.05, 0.1) is 16.9 Å². The van der Waals surface area contributed by atoms with Crippen LogP contribution in [0.15, 0.2) is 30.3 Å². The number of hydrogen-bond donors (Lipinski definition) is 1. The van der Waals surface area contributed by atoms with Crippen molar-refractivity contribution in [3.63, 3.8) is 0 Å². The van der Waals surface area contributed by atoms with E-state index < -0.39 is 0 Å². The zero-order chi connectivity index (χ0) is 12.0. The highest BCUT2D eigenvalue weighted by Crippen LogP contribution is 2.42. The molecule has 0 atom stereocenters. The van der Waals surface area contributed by atoms with Gasteiger partial charge in [-0.25, -0.2) is 0 Å². The molecule has 2 N–H and O–H groups in total. The summed E-state index contributed by atoms with van der Waals surface area (Å²) in [5, 5.41) is 4.54. The number of nitrogens with two attached hydrogens (primary N) is 1. The fourth-order valence-corrected chi connectivity index (χ4v) is 2.18. The monoisotopic (exact) mass is 227 g/mol. The number of rotatable bonds is 2. The van der Waals surface area contributed by atoms with Crippen LogP contribution in [0.3, 0.4) is 0 Å². The van der Waals surface area contributed by atoms with E-state index in [1.807, 2.05) is 11.7 Å². The van der Waals surface area contributed by atoms with Crippen molar-refractivity contribution < 1.29 is 0 Å². The fraction of sp³-hybridized carbons (Fsp3) is 0.357. The second kappa shape index (κ2) is 3.44. The van der Waals surface area contributed by atoms with Gasteiger partial charge in [0.25, 0.3) is 0 Å². The van der Waals surface area contributed by atoms with Crippen molar-refractivity contribution in [3.05, 3.63) is 41.6 Å². The molecule has 1 heterocycles. The molecular weight excluding hydrogens is 210 g/mol. The molecule has 88 valence electrons. The van der Waals surface area contributed by atoms with E-state index in [1.54, 1.807) is 0 Å². The molecule has 0 amide bonds. The molecule has 1 aliphatic carbocycles. The Kier molecular flexibility index (Phi) is 2.13. The van der Waals surface area contributed by atoms with Crippen molar-refractivity contribution >= 4 is 0 Å². The van der Waals surface area contributed by atoms with Gasteiger partial charge in [0.2, 0.25) is 0 Å². The van der Waals surface area contributed by atoms with Crippen molar-refractivity contribution in [3.8, 4) is 11.3 Å². The topological polar surface area (TPSA) is 43.8 Å². The van der Waals surface area contributed by atoms with Gasteiger partial charge in [-0.15, -0.1) is 0 Å². The molecule has 1 saturated carbocycles. The minimum absolute atomic E-state index is 0.153. The summed E-state index contributed by atoms with van der Waals surface area (Å²) in [6, 6.07) is 10.6. The number of benzene rings is 1. The number of nitrogens with zero attached hydrogens (tertiary/aromatic N) is 2. The van der Waals surface area contributed by atoms with E-state index in [0.29, 0.717) is 0 Å². The van der Waals surface area contributed by atoms with E-state index in [-0.39, 0.29) is 5.54 Å². The third-order valence-corrected chi connectivity index (χ3v) is 3.49. The molecule has 1 aromatic heterocycles. The van der Waals surface area contributed by atoms with Crippen molar-refractivity contribution in [1.29, 1.82) is 0 Å². The molecule has 1 aliphatic rings. The van der Waals surface area contributed by atoms with Crippen LogP contribution in [0.1, 0.15) is 24.1 Å². The lowest BCUT2D eigenvalue weighted by Gasteiger charge is -2.02. The molecule has 0 unspecified atom stereocenters. The summed E-state index contributed by atoms with van der Waals surface area (Å²) in [6.07, 6.45) is 2.11. The second-order valence-electron chi connectivity index (χ2n) is 5.06. The van der Waals surface area contributed by atoms with Gasteiger partial charge in [-0.3, -0.25) is 4.68 Å². The highest BCUT2D eigenvalue weighted by Gasteiger charge is 2.42. The average Bonchev–Trinajstić information content (AvgIpc) is 2.90. The molecule has 0 aliphatic heterocycles. The highest BCUT2D eigenvalue weighted by atomic mass is 15.3. The second-order valence-corrected chi connectivity index (χ2v) is 5.06. The van der Waals surface area contributed by atoms with Crippen LogP contribution in [0.5, 0.6) is 0 Å². The van der Waals surface area contributed by atoms with Gasteiger partial charge in [-0.05, 0) is 31.9 Å². The molecule has 2 aromatic rings. The molecule has 17 heavy (non-hydrogen) atoms. The minimum Gasteiger partial charge on any atom is -0.320 e. The number of aromatic nitrogens is 2. The maximum absolute atomic E-state index is 6.18. The summed E-state index contributed by atoms with van der Waals surface area (Å²) in [5.74, 6) is 0. The van der Waals surface area contributed by atoms with Crippen LogP contribution >= 0.6 is 0 Å². The van der Waals surface area contributed by atoms with Crippen LogP contribution in [-0.2, 0) is 12.6 Å². The molecule has 1 aromatic carbocycles. The van der Waals surface area contributed by atoms with Gasteiger partial charge < -0.3 is 5.73 Å². The Hall–Kier alpha value is -1.61. The van der Waals surface area contributed by atoms with E-state index in [0.717, 1.165) is 24.2 Å². The maximum atomic E-state index is 6.18. The van der Waals surface area contributed by atoms with Crippen molar-refractivity contribution in [2.75, 3.05) is 0 Å². The van der Waals surface area contributed by atoms with Gasteiger partial charge in [0.15, 0.2) is 0 Å². The summed E-state index contributed by atoms with van der Waals surface area (Å²) in [6.45, 7) is 2.10. The lowest BCUT2D eigenvalue weighted by molar-refractivity contribution is 0.661. The smallest absolute Gasteiger partial charge is 0.0829 e. The molecule has 0 radical (unpaired) electrons. The Labute approximate surface area is 101 Å². The summed E-state index contributed by atoms with van der Waals surface area (Å²) < 4.78 is 1.93. The van der Waals surface area contributed by atoms with E-state index in [2.05, 4.69) is 42.4 Å². The van der Waals surface area contributed by atoms with Crippen molar-refractivity contribution in [2.45, 2.75) is 25.3 Å². The lowest BCUT2D eigenvalue weighted by Crippen LogP contribution is -2.19. The molecule has 3 rings (SSSR count). The van der Waals surface area contributed by atoms with Crippen molar-refractivity contribution in [1.82, 2.24) is 9.78 Å². The molecule has 0 bridgehead atoms. The highest BCUT2D eigenvalue weighted by molar-refractivity contribution is 5.61. The number of hydrogen-bond acceptors (Lipinski definition) is 2. The molecule has 0 spiro atoms. The van der Waals surface area contributed by atoms with Crippen LogP contribution in [-0.4, -0.2) is 9.78 Å². The molecular formula is C14H17N3. The Morgan fingerprint density at radius 1 is 1.29 bits per heavy atom. The van der Waals surface area contributed by atoms with E-state index in [9.17, 15) is 0 Å². The van der Waals surface area contributed by atoms with Gasteiger partial charge in [-0.1, -0.05) is 23.8 Å². The first-order valence-corrected chi connectivity index (χ1v) is 5.99. The summed E-state index contributed by atoms with van der Waals surface area (Å²) >= 11 is 0. The Morgan fingerprint density at radius 2 is 2.06 bits per heavy atom. The molecule has 0 saturated heterocycles. The van der Waals surface area contributed by atoms with E-state index >= 15 is 0 Å². The van der Waals surface area contributed by atoms with Gasteiger partial charge in [0, 0.05) is 12.6 Å². The van der Waals surface area contributed by atoms with Crippen molar-refractivity contribution in [2.24, 2.45) is 12.8 Å². The zero-order valence-electron chi connectivity index (χ0n) is 10.3. The number of aryl methyl sites for hydroxylation is 2. The fourth-order valence-electron chi connectivity index (χ4n) is 2.18. The third kappa shape index (κ3) is 1.76. The molecule has 3 heteroatoms. The Morgan fingerprint density at radius 3 is 2.71 bits per heavy atom. The summed E-state index contributed by atoms with van der Waals surface area (Å²) in [7, 11) is 1.98. The van der Waals surface area contributed by atoms with E-state index in [4.69, 9.17) is 5.73 Å². The summed E-state index contributed by atoms with van der Waals surface area (Å²) in [4.78, 5) is 0. The molecule has 3 nitrogen and oxygen atoms in total. The average molecular weight is 227 g/mol. The largest absolute Gasteiger partial charge is 0.320 e. The zero-order valence-corrected chi connectivity index (χ0v) is 10.3. The quantitative estimate of drug-likeness (QED) is 0.855. The summed E-state index contributed by atoms with van der Waals surface area (Å²) in [5.41, 5.74) is 10.7. The molecule has 1 fully saturated rings. The van der Waals surface area contributed by atoms with Crippen LogP contribution in [0, 0.1) is 6.92 Å². The van der Waals surface area contributed by atoms with E-state index in [1.165, 1.54) is 11.1 Å². The minimum atomic E-state index is -0.153. The van der Waals surface area contributed by atoms with Crippen LogP contribution < -0.4 is 5.73 Å². The van der Waals surface area contributed by atoms with Crippen LogP contribution in [0.25, 0.3) is 11.3 Å². The lowest BCUT2D eigenvalue weighted by atomic mass is 10.1. The SMILES string of the molecule is Cc1cccc(-c2cc(C3(N)CC3)nn2C)c1. The first-order valence-electron chi connectivity index (χ1n) is 5.99.